The first-order valence-corrected chi connectivity index (χ1v) is 6.45. The fraction of sp³-hybridized carbons (Fsp3) is 0.0667. The average Bonchev–Trinajstić information content (AvgIpc) is 2.68. The standard InChI is InChI=1S/C15H11ClN2O2/c16-13-6-5-10(17)7-9(13)8-18-14(19)11-3-1-2-4-12(11)15(18)20/h1-7H,8,17H2. The number of fused-ring (bicyclic) bond motifs is 1. The molecule has 0 saturated heterocycles. The van der Waals surface area contributed by atoms with Gasteiger partial charge in [-0.15, -0.1) is 0 Å². The Balaban J connectivity index is 1.96. The summed E-state index contributed by atoms with van der Waals surface area (Å²) in [5.74, 6) is -0.604. The molecule has 1 heterocycles. The molecule has 0 radical (unpaired) electrons. The second-order valence-electron chi connectivity index (χ2n) is 4.59. The van der Waals surface area contributed by atoms with Gasteiger partial charge in [0.2, 0.25) is 0 Å². The van der Waals surface area contributed by atoms with E-state index in [0.717, 1.165) is 0 Å². The van der Waals surface area contributed by atoms with Crippen LogP contribution < -0.4 is 5.73 Å². The number of rotatable bonds is 2. The topological polar surface area (TPSA) is 63.4 Å². The number of nitrogens with two attached hydrogens (primary N) is 1. The molecule has 3 rings (SSSR count). The molecule has 100 valence electrons. The Morgan fingerprint density at radius 1 is 1.00 bits per heavy atom. The highest BCUT2D eigenvalue weighted by atomic mass is 35.5. The van der Waals surface area contributed by atoms with Crippen LogP contribution in [0.5, 0.6) is 0 Å². The van der Waals surface area contributed by atoms with Gasteiger partial charge in [-0.05, 0) is 35.9 Å². The number of nitrogen functional groups attached to an aromatic ring is 1. The third-order valence-electron chi connectivity index (χ3n) is 3.28. The fourth-order valence-electron chi connectivity index (χ4n) is 2.27. The van der Waals surface area contributed by atoms with Crippen molar-refractivity contribution in [3.63, 3.8) is 0 Å². The molecule has 0 atom stereocenters. The third-order valence-corrected chi connectivity index (χ3v) is 3.65. The number of hydrogen-bond donors (Lipinski definition) is 1. The molecule has 0 saturated carbocycles. The van der Waals surface area contributed by atoms with Gasteiger partial charge in [-0.2, -0.15) is 0 Å². The molecule has 1 aliphatic rings. The van der Waals surface area contributed by atoms with E-state index in [1.807, 2.05) is 0 Å². The van der Waals surface area contributed by atoms with Crippen LogP contribution in [0.3, 0.4) is 0 Å². The minimum Gasteiger partial charge on any atom is -0.399 e. The molecule has 0 aromatic heterocycles. The number of carbonyl (C=O) groups excluding carboxylic acids is 2. The van der Waals surface area contributed by atoms with Gasteiger partial charge in [0.15, 0.2) is 0 Å². The van der Waals surface area contributed by atoms with E-state index in [4.69, 9.17) is 17.3 Å². The van der Waals surface area contributed by atoms with Crippen LogP contribution in [0.4, 0.5) is 5.69 Å². The van der Waals surface area contributed by atoms with Crippen LogP contribution in [0, 0.1) is 0 Å². The number of nitrogens with zero attached hydrogens (tertiary/aromatic N) is 1. The number of imide groups is 1. The van der Waals surface area contributed by atoms with E-state index in [2.05, 4.69) is 0 Å². The van der Waals surface area contributed by atoms with Gasteiger partial charge < -0.3 is 5.73 Å². The van der Waals surface area contributed by atoms with Crippen LogP contribution in [-0.4, -0.2) is 16.7 Å². The van der Waals surface area contributed by atoms with Crippen molar-refractivity contribution >= 4 is 29.1 Å². The number of benzene rings is 2. The zero-order valence-corrected chi connectivity index (χ0v) is 11.2. The molecule has 20 heavy (non-hydrogen) atoms. The van der Waals surface area contributed by atoms with Crippen molar-refractivity contribution in [2.45, 2.75) is 6.54 Å². The van der Waals surface area contributed by atoms with Gasteiger partial charge in [0.05, 0.1) is 17.7 Å². The fourth-order valence-corrected chi connectivity index (χ4v) is 2.45. The Labute approximate surface area is 120 Å². The molecular weight excluding hydrogens is 276 g/mol. The molecule has 0 unspecified atom stereocenters. The number of anilines is 1. The summed E-state index contributed by atoms with van der Waals surface area (Å²) >= 11 is 6.08. The Bertz CT molecular complexity index is 693. The predicted octanol–water partition coefficient (Wildman–Crippen LogP) is 2.72. The van der Waals surface area contributed by atoms with Crippen molar-refractivity contribution in [3.8, 4) is 0 Å². The minimum atomic E-state index is -0.302. The minimum absolute atomic E-state index is 0.121. The third kappa shape index (κ3) is 1.94. The van der Waals surface area contributed by atoms with Crippen molar-refractivity contribution in [2.24, 2.45) is 0 Å². The quantitative estimate of drug-likeness (QED) is 0.682. The molecule has 1 aliphatic heterocycles. The van der Waals surface area contributed by atoms with Gasteiger partial charge in [0.25, 0.3) is 11.8 Å². The summed E-state index contributed by atoms with van der Waals surface area (Å²) in [6.45, 7) is 0.121. The van der Waals surface area contributed by atoms with Crippen LogP contribution in [-0.2, 0) is 6.54 Å². The Kier molecular flexibility index (Phi) is 2.95. The second-order valence-corrected chi connectivity index (χ2v) is 5.00. The number of amides is 2. The van der Waals surface area contributed by atoms with Gasteiger partial charge in [-0.1, -0.05) is 23.7 Å². The number of hydrogen-bond acceptors (Lipinski definition) is 3. The molecule has 0 aliphatic carbocycles. The largest absolute Gasteiger partial charge is 0.399 e. The summed E-state index contributed by atoms with van der Waals surface area (Å²) in [5.41, 5.74) is 7.76. The van der Waals surface area contributed by atoms with Gasteiger partial charge in [-0.3, -0.25) is 14.5 Å². The molecule has 2 N–H and O–H groups in total. The smallest absolute Gasteiger partial charge is 0.261 e. The second kappa shape index (κ2) is 4.65. The van der Waals surface area contributed by atoms with Crippen LogP contribution in [0.15, 0.2) is 42.5 Å². The lowest BCUT2D eigenvalue weighted by atomic mass is 10.1. The van der Waals surface area contributed by atoms with E-state index in [-0.39, 0.29) is 18.4 Å². The zero-order valence-electron chi connectivity index (χ0n) is 10.5. The molecule has 5 heteroatoms. The lowest BCUT2D eigenvalue weighted by molar-refractivity contribution is 0.0642. The molecule has 0 fully saturated rings. The maximum Gasteiger partial charge on any atom is 0.261 e. The zero-order chi connectivity index (χ0) is 14.3. The summed E-state index contributed by atoms with van der Waals surface area (Å²) in [4.78, 5) is 25.7. The van der Waals surface area contributed by atoms with E-state index in [0.29, 0.717) is 27.4 Å². The van der Waals surface area contributed by atoms with Crippen molar-refractivity contribution < 1.29 is 9.59 Å². The van der Waals surface area contributed by atoms with Crippen LogP contribution in [0.2, 0.25) is 5.02 Å². The highest BCUT2D eigenvalue weighted by Crippen LogP contribution is 2.27. The van der Waals surface area contributed by atoms with E-state index in [1.165, 1.54) is 4.90 Å². The number of carbonyl (C=O) groups is 2. The summed E-state index contributed by atoms with van der Waals surface area (Å²) in [6, 6.07) is 11.8. The van der Waals surface area contributed by atoms with Crippen molar-refractivity contribution in [2.75, 3.05) is 5.73 Å². The first kappa shape index (κ1) is 12.7. The molecule has 0 spiro atoms. The highest BCUT2D eigenvalue weighted by molar-refractivity contribution is 6.31. The SMILES string of the molecule is Nc1ccc(Cl)c(CN2C(=O)c3ccccc3C2=O)c1. The van der Waals surface area contributed by atoms with Crippen molar-refractivity contribution in [3.05, 3.63) is 64.2 Å². The van der Waals surface area contributed by atoms with Gasteiger partial charge in [-0.25, -0.2) is 0 Å². The summed E-state index contributed by atoms with van der Waals surface area (Å²) < 4.78 is 0. The van der Waals surface area contributed by atoms with Gasteiger partial charge in [0, 0.05) is 10.7 Å². The Hall–Kier alpha value is -2.33. The molecular formula is C15H11ClN2O2. The molecule has 4 nitrogen and oxygen atoms in total. The average molecular weight is 287 g/mol. The van der Waals surface area contributed by atoms with E-state index >= 15 is 0 Å². The Morgan fingerprint density at radius 2 is 1.60 bits per heavy atom. The van der Waals surface area contributed by atoms with Crippen molar-refractivity contribution in [1.29, 1.82) is 0 Å². The summed E-state index contributed by atoms with van der Waals surface area (Å²) in [5, 5.41) is 0.482. The predicted molar refractivity (Wildman–Crippen MR) is 76.5 cm³/mol. The maximum absolute atomic E-state index is 12.2. The molecule has 2 aromatic carbocycles. The summed E-state index contributed by atoms with van der Waals surface area (Å²) in [7, 11) is 0. The first-order chi connectivity index (χ1) is 9.58. The Morgan fingerprint density at radius 3 is 2.20 bits per heavy atom. The van der Waals surface area contributed by atoms with E-state index in [9.17, 15) is 9.59 Å². The van der Waals surface area contributed by atoms with E-state index < -0.39 is 0 Å². The summed E-state index contributed by atoms with van der Waals surface area (Å²) in [6.07, 6.45) is 0. The highest BCUT2D eigenvalue weighted by Gasteiger charge is 2.35. The van der Waals surface area contributed by atoms with Crippen LogP contribution >= 0.6 is 11.6 Å². The van der Waals surface area contributed by atoms with Gasteiger partial charge >= 0.3 is 0 Å². The number of halogens is 1. The van der Waals surface area contributed by atoms with Crippen LogP contribution in [0.1, 0.15) is 26.3 Å². The van der Waals surface area contributed by atoms with Crippen molar-refractivity contribution in [1.82, 2.24) is 4.90 Å². The maximum atomic E-state index is 12.2. The monoisotopic (exact) mass is 286 g/mol. The molecule has 2 aromatic rings. The van der Waals surface area contributed by atoms with Crippen LogP contribution in [0.25, 0.3) is 0 Å². The lowest BCUT2D eigenvalue weighted by Crippen LogP contribution is -2.29. The molecule has 2 amide bonds. The molecule has 0 bridgehead atoms. The van der Waals surface area contributed by atoms with Gasteiger partial charge in [0.1, 0.15) is 0 Å². The lowest BCUT2D eigenvalue weighted by Gasteiger charge is -2.15. The first-order valence-electron chi connectivity index (χ1n) is 6.07. The van der Waals surface area contributed by atoms with E-state index in [1.54, 1.807) is 42.5 Å². The normalized spacial score (nSPS) is 13.8.